The molecule has 4 nitrogen and oxygen atoms in total. The van der Waals surface area contributed by atoms with Crippen LogP contribution in [0.25, 0.3) is 0 Å². The highest BCUT2D eigenvalue weighted by atomic mass is 19.4. The molecule has 21 heavy (non-hydrogen) atoms. The van der Waals surface area contributed by atoms with Crippen molar-refractivity contribution >= 4 is 11.8 Å². The van der Waals surface area contributed by atoms with Crippen LogP contribution in [0, 0.1) is 5.92 Å². The Bertz CT molecular complexity index is 392. The molecule has 0 N–H and O–H groups in total. The monoisotopic (exact) mass is 306 g/mol. The van der Waals surface area contributed by atoms with Crippen LogP contribution in [-0.4, -0.2) is 54.0 Å². The minimum Gasteiger partial charge on any atom is -0.341 e. The smallest absolute Gasteiger partial charge is 0.341 e. The van der Waals surface area contributed by atoms with Gasteiger partial charge in [0, 0.05) is 32.6 Å². The molecule has 1 aliphatic heterocycles. The van der Waals surface area contributed by atoms with E-state index in [-0.39, 0.29) is 25.5 Å². The Labute approximate surface area is 122 Å². The molecule has 2 fully saturated rings. The molecule has 120 valence electrons. The molecule has 2 rings (SSSR count). The third-order valence-electron chi connectivity index (χ3n) is 4.32. The van der Waals surface area contributed by atoms with E-state index in [1.54, 1.807) is 4.90 Å². The van der Waals surface area contributed by atoms with E-state index in [4.69, 9.17) is 0 Å². The summed E-state index contributed by atoms with van der Waals surface area (Å²) < 4.78 is 37.3. The van der Waals surface area contributed by atoms with Crippen molar-refractivity contribution in [1.82, 2.24) is 9.80 Å². The molecule has 1 saturated heterocycles. The molecule has 1 saturated carbocycles. The van der Waals surface area contributed by atoms with Gasteiger partial charge in [0.1, 0.15) is 0 Å². The van der Waals surface area contributed by atoms with Crippen LogP contribution >= 0.6 is 0 Å². The number of rotatable bonds is 2. The number of hydrogen-bond donors (Lipinski definition) is 0. The number of carbonyl (C=O) groups is 2. The zero-order valence-corrected chi connectivity index (χ0v) is 12.0. The lowest BCUT2D eigenvalue weighted by atomic mass is 10.0. The largest absolute Gasteiger partial charge is 0.471 e. The van der Waals surface area contributed by atoms with Gasteiger partial charge in [-0.25, -0.2) is 0 Å². The number of halogens is 3. The summed E-state index contributed by atoms with van der Waals surface area (Å²) in [6.07, 6.45) is 0.516. The summed E-state index contributed by atoms with van der Waals surface area (Å²) in [5, 5.41) is 0. The summed E-state index contributed by atoms with van der Waals surface area (Å²) in [7, 11) is 0. The van der Waals surface area contributed by atoms with Crippen LogP contribution in [0.2, 0.25) is 0 Å². The van der Waals surface area contributed by atoms with Gasteiger partial charge in [-0.3, -0.25) is 9.59 Å². The Hall–Kier alpha value is -1.27. The van der Waals surface area contributed by atoms with E-state index in [0.29, 0.717) is 25.3 Å². The maximum atomic E-state index is 12.4. The highest BCUT2D eigenvalue weighted by Gasteiger charge is 2.42. The SMILES string of the molecule is O=C(CC1CCCC1)N1CCCN(C(=O)C(F)(F)F)CC1. The summed E-state index contributed by atoms with van der Waals surface area (Å²) in [6, 6.07) is 0. The van der Waals surface area contributed by atoms with Gasteiger partial charge in [-0.1, -0.05) is 12.8 Å². The maximum absolute atomic E-state index is 12.4. The second kappa shape index (κ2) is 6.66. The zero-order valence-electron chi connectivity index (χ0n) is 12.0. The molecule has 0 bridgehead atoms. The lowest BCUT2D eigenvalue weighted by Gasteiger charge is -2.23. The predicted octanol–water partition coefficient (Wildman–Crippen LogP) is 2.19. The molecule has 0 unspecified atom stereocenters. The van der Waals surface area contributed by atoms with Gasteiger partial charge in [0.05, 0.1) is 0 Å². The van der Waals surface area contributed by atoms with Gasteiger partial charge in [-0.2, -0.15) is 13.2 Å². The molecular formula is C14H21F3N2O2. The molecular weight excluding hydrogens is 285 g/mol. The van der Waals surface area contributed by atoms with Gasteiger partial charge in [0.2, 0.25) is 5.91 Å². The van der Waals surface area contributed by atoms with Gasteiger partial charge in [-0.15, -0.1) is 0 Å². The van der Waals surface area contributed by atoms with Crippen molar-refractivity contribution in [3.8, 4) is 0 Å². The Morgan fingerprint density at radius 1 is 0.905 bits per heavy atom. The van der Waals surface area contributed by atoms with Crippen LogP contribution in [0.4, 0.5) is 13.2 Å². The molecule has 7 heteroatoms. The van der Waals surface area contributed by atoms with Crippen LogP contribution in [0.5, 0.6) is 0 Å². The third-order valence-corrected chi connectivity index (χ3v) is 4.32. The van der Waals surface area contributed by atoms with E-state index in [1.165, 1.54) is 0 Å². The molecule has 1 heterocycles. The first kappa shape index (κ1) is 16.1. The summed E-state index contributed by atoms with van der Waals surface area (Å²) in [6.45, 7) is 0.668. The fraction of sp³-hybridized carbons (Fsp3) is 0.857. The van der Waals surface area contributed by atoms with Crippen molar-refractivity contribution in [2.45, 2.75) is 44.7 Å². The number of alkyl halides is 3. The van der Waals surface area contributed by atoms with E-state index < -0.39 is 12.1 Å². The normalized spacial score (nSPS) is 21.5. The maximum Gasteiger partial charge on any atom is 0.471 e. The second-order valence-electron chi connectivity index (χ2n) is 5.88. The number of amides is 2. The van der Waals surface area contributed by atoms with Crippen molar-refractivity contribution in [2.24, 2.45) is 5.92 Å². The average Bonchev–Trinajstić information content (AvgIpc) is 2.78. The Kier molecular flexibility index (Phi) is 5.11. The highest BCUT2D eigenvalue weighted by Crippen LogP contribution is 2.28. The lowest BCUT2D eigenvalue weighted by molar-refractivity contribution is -0.185. The summed E-state index contributed by atoms with van der Waals surface area (Å²) in [5.74, 6) is -1.36. The average molecular weight is 306 g/mol. The topological polar surface area (TPSA) is 40.6 Å². The number of carbonyl (C=O) groups excluding carboxylic acids is 2. The van der Waals surface area contributed by atoms with Gasteiger partial charge >= 0.3 is 12.1 Å². The van der Waals surface area contributed by atoms with Gasteiger partial charge in [0.25, 0.3) is 0 Å². The van der Waals surface area contributed by atoms with Crippen LogP contribution < -0.4 is 0 Å². The Morgan fingerprint density at radius 3 is 2.10 bits per heavy atom. The molecule has 0 aromatic carbocycles. The van der Waals surface area contributed by atoms with Gasteiger partial charge in [-0.05, 0) is 25.2 Å². The van der Waals surface area contributed by atoms with Gasteiger partial charge in [0.15, 0.2) is 0 Å². The van der Waals surface area contributed by atoms with Gasteiger partial charge < -0.3 is 9.80 Å². The fourth-order valence-electron chi connectivity index (χ4n) is 3.14. The zero-order chi connectivity index (χ0) is 15.5. The molecule has 0 aromatic heterocycles. The van der Waals surface area contributed by atoms with Crippen LogP contribution in [-0.2, 0) is 9.59 Å². The molecule has 0 radical (unpaired) electrons. The van der Waals surface area contributed by atoms with E-state index in [2.05, 4.69) is 0 Å². The highest BCUT2D eigenvalue weighted by molar-refractivity contribution is 5.82. The van der Waals surface area contributed by atoms with Crippen molar-refractivity contribution in [3.63, 3.8) is 0 Å². The van der Waals surface area contributed by atoms with Crippen molar-refractivity contribution in [1.29, 1.82) is 0 Å². The van der Waals surface area contributed by atoms with Crippen molar-refractivity contribution < 1.29 is 22.8 Å². The fourth-order valence-corrected chi connectivity index (χ4v) is 3.14. The molecule has 2 amide bonds. The third kappa shape index (κ3) is 4.35. The first-order valence-corrected chi connectivity index (χ1v) is 7.52. The van der Waals surface area contributed by atoms with Crippen LogP contribution in [0.3, 0.4) is 0 Å². The summed E-state index contributed by atoms with van der Waals surface area (Å²) in [4.78, 5) is 25.8. The molecule has 0 atom stereocenters. The standard InChI is InChI=1S/C14H21F3N2O2/c15-14(16,17)13(21)19-7-3-6-18(8-9-19)12(20)10-11-4-1-2-5-11/h11H,1-10H2. The van der Waals surface area contributed by atoms with Crippen LogP contribution in [0.1, 0.15) is 38.5 Å². The van der Waals surface area contributed by atoms with E-state index in [0.717, 1.165) is 30.6 Å². The predicted molar refractivity (Wildman–Crippen MR) is 70.4 cm³/mol. The number of nitrogens with zero attached hydrogens (tertiary/aromatic N) is 2. The quantitative estimate of drug-likeness (QED) is 0.784. The Morgan fingerprint density at radius 2 is 1.48 bits per heavy atom. The van der Waals surface area contributed by atoms with Crippen molar-refractivity contribution in [2.75, 3.05) is 26.2 Å². The number of hydrogen-bond acceptors (Lipinski definition) is 2. The minimum atomic E-state index is -4.83. The van der Waals surface area contributed by atoms with Crippen molar-refractivity contribution in [3.05, 3.63) is 0 Å². The summed E-state index contributed by atoms with van der Waals surface area (Å²) in [5.41, 5.74) is 0. The van der Waals surface area contributed by atoms with E-state index in [9.17, 15) is 22.8 Å². The molecule has 2 aliphatic rings. The second-order valence-corrected chi connectivity index (χ2v) is 5.88. The summed E-state index contributed by atoms with van der Waals surface area (Å²) >= 11 is 0. The Balaban J connectivity index is 1.85. The van der Waals surface area contributed by atoms with E-state index in [1.807, 2.05) is 0 Å². The molecule has 0 spiro atoms. The molecule has 1 aliphatic carbocycles. The first-order chi connectivity index (χ1) is 9.88. The first-order valence-electron chi connectivity index (χ1n) is 7.52. The lowest BCUT2D eigenvalue weighted by Crippen LogP contribution is -2.43. The minimum absolute atomic E-state index is 0.0169. The van der Waals surface area contributed by atoms with Crippen LogP contribution in [0.15, 0.2) is 0 Å². The molecule has 0 aromatic rings. The van der Waals surface area contributed by atoms with E-state index >= 15 is 0 Å².